The summed E-state index contributed by atoms with van der Waals surface area (Å²) in [4.78, 5) is 38.8. The highest BCUT2D eigenvalue weighted by atomic mass is 32.2. The van der Waals surface area contributed by atoms with Gasteiger partial charge in [0.2, 0.25) is 5.12 Å². The second kappa shape index (κ2) is 8.33. The highest BCUT2D eigenvalue weighted by Crippen LogP contribution is 2.72. The predicted molar refractivity (Wildman–Crippen MR) is 139 cm³/mol. The molecule has 0 spiro atoms. The number of esters is 1. The van der Waals surface area contributed by atoms with Gasteiger partial charge >= 0.3 is 5.97 Å². The molecule has 1 heterocycles. The molecule has 4 fully saturated rings. The van der Waals surface area contributed by atoms with Gasteiger partial charge in [0.05, 0.1) is 6.10 Å². The molecular formula is C26H32F2O5S3. The lowest BCUT2D eigenvalue weighted by Crippen LogP contribution is -2.70. The monoisotopic (exact) mass is 558 g/mol. The zero-order chi connectivity index (χ0) is 26.5. The van der Waals surface area contributed by atoms with Gasteiger partial charge in [-0.05, 0) is 56.8 Å². The quantitative estimate of drug-likeness (QED) is 0.390. The molecule has 4 aliphatic carbocycles. The average molecular weight is 559 g/mol. The number of rotatable bonds is 3. The van der Waals surface area contributed by atoms with E-state index in [1.807, 2.05) is 0 Å². The van der Waals surface area contributed by atoms with Gasteiger partial charge in [0.15, 0.2) is 21.1 Å². The molecule has 0 aromatic heterocycles. The number of halogens is 2. The Hall–Kier alpha value is -0.840. The van der Waals surface area contributed by atoms with Crippen LogP contribution < -0.4 is 0 Å². The van der Waals surface area contributed by atoms with E-state index in [-0.39, 0.29) is 18.4 Å². The number of aliphatic hydroxyl groups is 1. The number of hydrogen-bond donors (Lipinski definition) is 2. The topological polar surface area (TPSA) is 80.7 Å². The second-order valence-corrected chi connectivity index (χ2v) is 15.3. The van der Waals surface area contributed by atoms with Crippen molar-refractivity contribution >= 4 is 53.0 Å². The van der Waals surface area contributed by atoms with Crippen LogP contribution in [0.4, 0.5) is 8.78 Å². The van der Waals surface area contributed by atoms with E-state index >= 15 is 8.78 Å². The Morgan fingerprint density at radius 1 is 1.17 bits per heavy atom. The number of hydrogen-bond acceptors (Lipinski definition) is 7. The summed E-state index contributed by atoms with van der Waals surface area (Å²) in [6.07, 6.45) is 0.562. The molecule has 0 bridgehead atoms. The number of allylic oxidation sites excluding steroid dienone is 4. The molecule has 5 unspecified atom stereocenters. The van der Waals surface area contributed by atoms with Crippen molar-refractivity contribution < 1.29 is 33.0 Å². The van der Waals surface area contributed by atoms with E-state index in [0.29, 0.717) is 6.42 Å². The van der Waals surface area contributed by atoms with Gasteiger partial charge in [-0.3, -0.25) is 9.59 Å². The molecule has 0 aromatic carbocycles. The standard InChI is InChI=1S/C26H32F2O5S3/c1-13-9-15-16-11-18(27)17-10-14(29)5-6-22(17,2)25(16,28)19(30)12-23(15,3)26(13,21(32)34)33-20(31)24(4)35-7-8-36-24/h5-6,10,13,15-16,18-19,30H,7-9,11-12H2,1-4H3,(H,32,34)/t13?,15-,16-,18?,19?,22-,23-,25?,26?/m0/s1. The summed E-state index contributed by atoms with van der Waals surface area (Å²) in [6, 6.07) is 0. The van der Waals surface area contributed by atoms with Crippen molar-refractivity contribution in [3.63, 3.8) is 0 Å². The second-order valence-electron chi connectivity index (χ2n) is 11.6. The molecular weight excluding hydrogens is 526 g/mol. The predicted octanol–water partition coefficient (Wildman–Crippen LogP) is 4.49. The summed E-state index contributed by atoms with van der Waals surface area (Å²) in [7, 11) is 0. The van der Waals surface area contributed by atoms with Crippen molar-refractivity contribution in [1.29, 1.82) is 0 Å². The number of thiol groups is 1. The van der Waals surface area contributed by atoms with Crippen LogP contribution in [0.25, 0.3) is 0 Å². The van der Waals surface area contributed by atoms with Gasteiger partial charge in [-0.2, -0.15) is 0 Å². The van der Waals surface area contributed by atoms with Crippen LogP contribution >= 0.6 is 36.2 Å². The largest absolute Gasteiger partial charge is 0.448 e. The minimum atomic E-state index is -2.26. The fraction of sp³-hybridized carbons (Fsp3) is 0.731. The smallest absolute Gasteiger partial charge is 0.333 e. The van der Waals surface area contributed by atoms with Crippen LogP contribution in [-0.4, -0.2) is 61.1 Å². The molecule has 0 aromatic rings. The van der Waals surface area contributed by atoms with E-state index in [1.165, 1.54) is 42.6 Å². The molecule has 0 radical (unpaired) electrons. The minimum absolute atomic E-state index is 0.0496. The highest BCUT2D eigenvalue weighted by molar-refractivity contribution is 8.22. The van der Waals surface area contributed by atoms with Gasteiger partial charge in [0.25, 0.3) is 0 Å². The third-order valence-corrected chi connectivity index (χ3v) is 13.5. The first-order chi connectivity index (χ1) is 16.7. The van der Waals surface area contributed by atoms with Gasteiger partial charge in [-0.15, -0.1) is 36.2 Å². The van der Waals surface area contributed by atoms with Crippen LogP contribution in [0.15, 0.2) is 23.8 Å². The lowest BCUT2D eigenvalue weighted by atomic mass is 9.44. The van der Waals surface area contributed by atoms with Crippen LogP contribution in [0.1, 0.15) is 47.0 Å². The molecule has 5 nitrogen and oxygen atoms in total. The maximum atomic E-state index is 17.4. The summed E-state index contributed by atoms with van der Waals surface area (Å²) in [6.45, 7) is 6.85. The lowest BCUT2D eigenvalue weighted by molar-refractivity contribution is -0.228. The van der Waals surface area contributed by atoms with E-state index in [2.05, 4.69) is 12.6 Å². The van der Waals surface area contributed by atoms with Gasteiger partial charge < -0.3 is 9.84 Å². The first-order valence-corrected chi connectivity index (χ1v) is 14.8. The summed E-state index contributed by atoms with van der Waals surface area (Å²) in [5.74, 6) is -1.40. The molecule has 3 saturated carbocycles. The Labute approximate surface area is 224 Å². The Morgan fingerprint density at radius 2 is 1.81 bits per heavy atom. The molecule has 10 heteroatoms. The molecule has 9 atom stereocenters. The summed E-state index contributed by atoms with van der Waals surface area (Å²) < 4.78 is 38.3. The van der Waals surface area contributed by atoms with Crippen LogP contribution in [0.3, 0.4) is 0 Å². The summed E-state index contributed by atoms with van der Waals surface area (Å²) in [5.41, 5.74) is -6.56. The number of fused-ring (bicyclic) bond motifs is 5. The minimum Gasteiger partial charge on any atom is -0.448 e. The van der Waals surface area contributed by atoms with Gasteiger partial charge in [0, 0.05) is 34.2 Å². The maximum absolute atomic E-state index is 17.4. The molecule has 0 amide bonds. The van der Waals surface area contributed by atoms with Crippen molar-refractivity contribution in [1.82, 2.24) is 0 Å². The zero-order valence-electron chi connectivity index (χ0n) is 20.8. The van der Waals surface area contributed by atoms with Crippen LogP contribution in [0.5, 0.6) is 0 Å². The molecule has 1 aliphatic heterocycles. The summed E-state index contributed by atoms with van der Waals surface area (Å²) in [5, 5.41) is 10.9. The maximum Gasteiger partial charge on any atom is 0.333 e. The van der Waals surface area contributed by atoms with Crippen LogP contribution in [0, 0.1) is 28.6 Å². The highest BCUT2D eigenvalue weighted by Gasteiger charge is 2.78. The van der Waals surface area contributed by atoms with E-state index in [0.717, 1.165) is 17.6 Å². The van der Waals surface area contributed by atoms with Crippen LogP contribution in [0.2, 0.25) is 0 Å². The number of ketones is 1. The van der Waals surface area contributed by atoms with E-state index in [4.69, 9.17) is 4.74 Å². The number of carbonyl (C=O) groups excluding carboxylic acids is 3. The Balaban J connectivity index is 1.60. The molecule has 198 valence electrons. The number of thioether (sulfide) groups is 2. The first-order valence-electron chi connectivity index (χ1n) is 12.4. The van der Waals surface area contributed by atoms with Crippen molar-refractivity contribution in [3.05, 3.63) is 23.8 Å². The zero-order valence-corrected chi connectivity index (χ0v) is 23.3. The van der Waals surface area contributed by atoms with E-state index in [1.54, 1.807) is 20.8 Å². The molecule has 5 rings (SSSR count). The summed E-state index contributed by atoms with van der Waals surface area (Å²) >= 11 is 7.12. The lowest BCUT2D eigenvalue weighted by Gasteiger charge is -2.63. The van der Waals surface area contributed by atoms with E-state index in [9.17, 15) is 19.5 Å². The van der Waals surface area contributed by atoms with Gasteiger partial charge in [0.1, 0.15) is 6.17 Å². The Bertz CT molecular complexity index is 1090. The van der Waals surface area contributed by atoms with Crippen LogP contribution in [-0.2, 0) is 19.1 Å². The number of carbonyl (C=O) groups is 3. The molecule has 1 N–H and O–H groups in total. The molecule has 5 aliphatic rings. The van der Waals surface area contributed by atoms with Gasteiger partial charge in [-0.1, -0.05) is 19.9 Å². The van der Waals surface area contributed by atoms with Gasteiger partial charge in [-0.25, -0.2) is 13.6 Å². The van der Waals surface area contributed by atoms with Crippen molar-refractivity contribution in [2.45, 2.75) is 74.6 Å². The average Bonchev–Trinajstić information content (AvgIpc) is 3.33. The Morgan fingerprint density at radius 3 is 2.42 bits per heavy atom. The number of alkyl halides is 2. The fourth-order valence-corrected chi connectivity index (χ4v) is 11.2. The van der Waals surface area contributed by atoms with E-state index < -0.39 is 73.1 Å². The van der Waals surface area contributed by atoms with Crippen molar-refractivity contribution in [3.8, 4) is 0 Å². The molecule has 36 heavy (non-hydrogen) atoms. The Kier molecular flexibility index (Phi) is 6.19. The first kappa shape index (κ1) is 26.8. The normalized spacial score (nSPS) is 49.1. The fourth-order valence-electron chi connectivity index (χ4n) is 8.11. The number of aliphatic hydroxyl groups excluding tert-OH is 1. The number of ether oxygens (including phenoxy) is 1. The van der Waals surface area contributed by atoms with Crippen molar-refractivity contribution in [2.75, 3.05) is 11.5 Å². The third kappa shape index (κ3) is 3.16. The third-order valence-electron chi connectivity index (χ3n) is 9.95. The SMILES string of the molecule is CC1C[C@H]2[C@@H]3CC(F)C4=CC(=O)C=C[C@]4(C)C3(F)C(O)C[C@]2(C)C1(OC(=O)C1(C)SCCS1)C(=O)S. The van der Waals surface area contributed by atoms with Crippen molar-refractivity contribution in [2.24, 2.45) is 28.6 Å². The molecule has 1 saturated heterocycles.